The van der Waals surface area contributed by atoms with Crippen molar-refractivity contribution in [2.75, 3.05) is 6.54 Å². The number of aromatic nitrogens is 2. The van der Waals surface area contributed by atoms with E-state index in [0.717, 1.165) is 0 Å². The molecule has 0 radical (unpaired) electrons. The average molecular weight is 289 g/mol. The third kappa shape index (κ3) is 3.82. The van der Waals surface area contributed by atoms with Gasteiger partial charge in [-0.2, -0.15) is 0 Å². The molecule has 1 heterocycles. The number of hydrogen-bond donors (Lipinski definition) is 2. The maximum Gasteiger partial charge on any atom is 0.254 e. The molecule has 21 heavy (non-hydrogen) atoms. The van der Waals surface area contributed by atoms with Crippen LogP contribution in [-0.4, -0.2) is 27.5 Å². The quantitative estimate of drug-likeness (QED) is 0.898. The molecule has 2 N–H and O–H groups in total. The zero-order valence-corrected chi connectivity index (χ0v) is 11.8. The van der Waals surface area contributed by atoms with Gasteiger partial charge in [0.25, 0.3) is 5.91 Å². The maximum atomic E-state index is 12.8. The van der Waals surface area contributed by atoms with Gasteiger partial charge in [0.2, 0.25) is 0 Å². The highest BCUT2D eigenvalue weighted by Crippen LogP contribution is 2.13. The number of benzene rings is 1. The molecular formula is C15H16FN3O2. The van der Waals surface area contributed by atoms with E-state index in [0.29, 0.717) is 22.6 Å². The van der Waals surface area contributed by atoms with E-state index in [1.807, 2.05) is 0 Å². The second-order valence-corrected chi connectivity index (χ2v) is 4.69. The van der Waals surface area contributed by atoms with Gasteiger partial charge >= 0.3 is 0 Å². The van der Waals surface area contributed by atoms with Crippen molar-refractivity contribution >= 4 is 5.91 Å². The topological polar surface area (TPSA) is 75.1 Å². The Labute approximate surface area is 121 Å². The van der Waals surface area contributed by atoms with Gasteiger partial charge in [0.15, 0.2) is 0 Å². The summed E-state index contributed by atoms with van der Waals surface area (Å²) in [5.74, 6) is -0.133. The van der Waals surface area contributed by atoms with Crippen molar-refractivity contribution in [2.45, 2.75) is 20.0 Å². The number of halogens is 1. The lowest BCUT2D eigenvalue weighted by Crippen LogP contribution is -2.29. The first-order valence-corrected chi connectivity index (χ1v) is 6.49. The van der Waals surface area contributed by atoms with Gasteiger partial charge < -0.3 is 10.4 Å². The molecular weight excluding hydrogens is 273 g/mol. The lowest BCUT2D eigenvalue weighted by Gasteiger charge is -2.13. The van der Waals surface area contributed by atoms with Crippen LogP contribution in [0.15, 0.2) is 30.5 Å². The van der Waals surface area contributed by atoms with Gasteiger partial charge in [-0.15, -0.1) is 0 Å². The Morgan fingerprint density at radius 2 is 2.00 bits per heavy atom. The number of carbonyl (C=O) groups excluding carboxylic acids is 1. The normalized spacial score (nSPS) is 12.0. The monoisotopic (exact) mass is 289 g/mol. The van der Waals surface area contributed by atoms with Gasteiger partial charge in [0.05, 0.1) is 17.4 Å². The molecule has 0 spiro atoms. The molecule has 0 bridgehead atoms. The SMILES string of the molecule is Cc1ncc(C(=O)NCC(O)c2ccc(F)cc2)c(C)n1. The zero-order valence-electron chi connectivity index (χ0n) is 11.8. The predicted octanol–water partition coefficient (Wildman–Crippen LogP) is 1.70. The van der Waals surface area contributed by atoms with E-state index in [-0.39, 0.29) is 18.3 Å². The van der Waals surface area contributed by atoms with E-state index in [2.05, 4.69) is 15.3 Å². The Morgan fingerprint density at radius 1 is 1.33 bits per heavy atom. The molecule has 0 aliphatic rings. The first-order valence-electron chi connectivity index (χ1n) is 6.49. The van der Waals surface area contributed by atoms with Gasteiger partial charge in [0, 0.05) is 12.7 Å². The predicted molar refractivity (Wildman–Crippen MR) is 75.2 cm³/mol. The molecule has 0 fully saturated rings. The van der Waals surface area contributed by atoms with Crippen LogP contribution in [0, 0.1) is 19.7 Å². The molecule has 1 aromatic carbocycles. The molecule has 110 valence electrons. The minimum atomic E-state index is -0.902. The Morgan fingerprint density at radius 3 is 2.62 bits per heavy atom. The number of rotatable bonds is 4. The molecule has 2 rings (SSSR count). The second kappa shape index (κ2) is 6.41. The molecule has 1 aromatic heterocycles. The van der Waals surface area contributed by atoms with Crippen LogP contribution in [0.5, 0.6) is 0 Å². The van der Waals surface area contributed by atoms with Crippen LogP contribution in [-0.2, 0) is 0 Å². The summed E-state index contributed by atoms with van der Waals surface area (Å²) in [5, 5.41) is 12.6. The minimum absolute atomic E-state index is 0.0256. The highest BCUT2D eigenvalue weighted by molar-refractivity contribution is 5.94. The van der Waals surface area contributed by atoms with Crippen molar-refractivity contribution in [1.82, 2.24) is 15.3 Å². The fourth-order valence-corrected chi connectivity index (χ4v) is 1.89. The van der Waals surface area contributed by atoms with E-state index in [4.69, 9.17) is 0 Å². The van der Waals surface area contributed by atoms with Crippen molar-refractivity contribution in [1.29, 1.82) is 0 Å². The van der Waals surface area contributed by atoms with Crippen LogP contribution in [0.25, 0.3) is 0 Å². The van der Waals surface area contributed by atoms with Gasteiger partial charge in [-0.05, 0) is 31.5 Å². The lowest BCUT2D eigenvalue weighted by molar-refractivity contribution is 0.0914. The number of aryl methyl sites for hydroxylation is 2. The number of aliphatic hydroxyl groups is 1. The summed E-state index contributed by atoms with van der Waals surface area (Å²) in [4.78, 5) is 20.1. The molecule has 0 saturated carbocycles. The fourth-order valence-electron chi connectivity index (χ4n) is 1.89. The molecule has 1 atom stereocenters. The highest BCUT2D eigenvalue weighted by Gasteiger charge is 2.13. The molecule has 0 aliphatic heterocycles. The average Bonchev–Trinajstić information content (AvgIpc) is 2.45. The van der Waals surface area contributed by atoms with E-state index in [1.54, 1.807) is 13.8 Å². The van der Waals surface area contributed by atoms with E-state index in [9.17, 15) is 14.3 Å². The summed E-state index contributed by atoms with van der Waals surface area (Å²) in [6, 6.07) is 5.48. The maximum absolute atomic E-state index is 12.8. The first kappa shape index (κ1) is 15.1. The van der Waals surface area contributed by atoms with Crippen LogP contribution in [0.2, 0.25) is 0 Å². The first-order chi connectivity index (χ1) is 9.97. The highest BCUT2D eigenvalue weighted by atomic mass is 19.1. The van der Waals surface area contributed by atoms with Crippen molar-refractivity contribution in [3.05, 3.63) is 58.9 Å². The molecule has 0 aliphatic carbocycles. The molecule has 1 amide bonds. The number of nitrogens with one attached hydrogen (secondary N) is 1. The zero-order chi connectivity index (χ0) is 15.4. The summed E-state index contributed by atoms with van der Waals surface area (Å²) in [7, 11) is 0. The standard InChI is InChI=1S/C15H16FN3O2/c1-9-13(7-17-10(2)19-9)15(21)18-8-14(20)11-3-5-12(16)6-4-11/h3-7,14,20H,8H2,1-2H3,(H,18,21). The molecule has 6 heteroatoms. The molecule has 1 unspecified atom stereocenters. The largest absolute Gasteiger partial charge is 0.387 e. The van der Waals surface area contributed by atoms with E-state index < -0.39 is 6.10 Å². The smallest absolute Gasteiger partial charge is 0.254 e. The summed E-state index contributed by atoms with van der Waals surface area (Å²) in [6.45, 7) is 3.49. The van der Waals surface area contributed by atoms with Crippen LogP contribution < -0.4 is 5.32 Å². The number of aliphatic hydroxyl groups excluding tert-OH is 1. The molecule has 0 saturated heterocycles. The summed E-state index contributed by atoms with van der Waals surface area (Å²) in [5.41, 5.74) is 1.48. The summed E-state index contributed by atoms with van der Waals surface area (Å²) < 4.78 is 12.8. The molecule has 2 aromatic rings. The van der Waals surface area contributed by atoms with Gasteiger partial charge in [0.1, 0.15) is 11.6 Å². The molecule has 5 nitrogen and oxygen atoms in total. The van der Waals surface area contributed by atoms with Crippen LogP contribution in [0.3, 0.4) is 0 Å². The van der Waals surface area contributed by atoms with Gasteiger partial charge in [-0.3, -0.25) is 4.79 Å². The van der Waals surface area contributed by atoms with Gasteiger partial charge in [-0.1, -0.05) is 12.1 Å². The third-order valence-electron chi connectivity index (χ3n) is 3.06. The number of nitrogens with zero attached hydrogens (tertiary/aromatic N) is 2. The van der Waals surface area contributed by atoms with Crippen LogP contribution >= 0.6 is 0 Å². The summed E-state index contributed by atoms with van der Waals surface area (Å²) >= 11 is 0. The van der Waals surface area contributed by atoms with Crippen molar-refractivity contribution in [3.8, 4) is 0 Å². The Balaban J connectivity index is 1.99. The number of carbonyl (C=O) groups is 1. The van der Waals surface area contributed by atoms with Crippen LogP contribution in [0.4, 0.5) is 4.39 Å². The minimum Gasteiger partial charge on any atom is -0.387 e. The van der Waals surface area contributed by atoms with Crippen molar-refractivity contribution in [2.24, 2.45) is 0 Å². The number of amides is 1. The third-order valence-corrected chi connectivity index (χ3v) is 3.06. The number of hydrogen-bond acceptors (Lipinski definition) is 4. The van der Waals surface area contributed by atoms with E-state index >= 15 is 0 Å². The lowest BCUT2D eigenvalue weighted by atomic mass is 10.1. The second-order valence-electron chi connectivity index (χ2n) is 4.69. The Kier molecular flexibility index (Phi) is 4.59. The van der Waals surface area contributed by atoms with E-state index in [1.165, 1.54) is 30.5 Å². The van der Waals surface area contributed by atoms with Crippen molar-refractivity contribution in [3.63, 3.8) is 0 Å². The Hall–Kier alpha value is -2.34. The van der Waals surface area contributed by atoms with Crippen LogP contribution in [0.1, 0.15) is 33.5 Å². The fraction of sp³-hybridized carbons (Fsp3) is 0.267. The Bertz CT molecular complexity index is 644. The van der Waals surface area contributed by atoms with Crippen molar-refractivity contribution < 1.29 is 14.3 Å². The van der Waals surface area contributed by atoms with Gasteiger partial charge in [-0.25, -0.2) is 14.4 Å². The summed E-state index contributed by atoms with van der Waals surface area (Å²) in [6.07, 6.45) is 0.554.